The molecule has 0 bridgehead atoms. The number of hydrogen-bond donors (Lipinski definition) is 14. The zero-order valence-electron chi connectivity index (χ0n) is 47.2. The Morgan fingerprint density at radius 3 is 1.39 bits per heavy atom. The minimum Gasteiger partial charge on any atom is -0.481 e. The first kappa shape index (κ1) is 70.0. The van der Waals surface area contributed by atoms with Crippen LogP contribution in [0.2, 0.25) is 0 Å². The molecule has 12 atom stereocenters. The number of aliphatic carboxylic acids is 2. The van der Waals surface area contributed by atoms with E-state index >= 15 is 0 Å². The van der Waals surface area contributed by atoms with Crippen LogP contribution in [-0.4, -0.2) is 171 Å². The predicted molar refractivity (Wildman–Crippen MR) is 285 cm³/mol. The van der Waals surface area contributed by atoms with Gasteiger partial charge in [-0.2, -0.15) is 0 Å². The van der Waals surface area contributed by atoms with E-state index in [-0.39, 0.29) is 56.9 Å². The molecule has 0 aromatic rings. The molecule has 0 saturated carbocycles. The minimum atomic E-state index is -1.69. The van der Waals surface area contributed by atoms with Crippen molar-refractivity contribution >= 4 is 76.9 Å². The number of rotatable bonds is 36. The normalized spacial score (nSPS) is 17.5. The first-order valence-corrected chi connectivity index (χ1v) is 26.9. The summed E-state index contributed by atoms with van der Waals surface area (Å²) in [6.07, 6.45) is -0.827. The molecule has 1 heterocycles. The lowest BCUT2D eigenvalue weighted by Gasteiger charge is -2.32. The molecule has 0 aliphatic carbocycles. The molecule has 1 aliphatic rings. The van der Waals surface area contributed by atoms with Gasteiger partial charge in [0, 0.05) is 19.4 Å². The Balaban J connectivity index is 3.37. The van der Waals surface area contributed by atoms with Gasteiger partial charge < -0.3 is 80.0 Å². The zero-order valence-corrected chi connectivity index (χ0v) is 47.2. The summed E-state index contributed by atoms with van der Waals surface area (Å²) >= 11 is 0. The highest BCUT2D eigenvalue weighted by Crippen LogP contribution is 2.22. The third kappa shape index (κ3) is 23.9. The molecule has 17 N–H and O–H groups in total. The molecule has 79 heavy (non-hydrogen) atoms. The van der Waals surface area contributed by atoms with Crippen molar-refractivity contribution < 1.29 is 77.6 Å². The number of nitrogens with zero attached hydrogens (tertiary/aromatic N) is 1. The first-order chi connectivity index (χ1) is 36.8. The van der Waals surface area contributed by atoms with E-state index < -0.39 is 175 Å². The minimum absolute atomic E-state index is 0.00209. The summed E-state index contributed by atoms with van der Waals surface area (Å²) in [4.78, 5) is 172. The van der Waals surface area contributed by atoms with E-state index in [1.165, 1.54) is 4.90 Å². The van der Waals surface area contributed by atoms with Gasteiger partial charge in [-0.25, -0.2) is 4.79 Å². The van der Waals surface area contributed by atoms with Gasteiger partial charge in [0.05, 0.1) is 19.1 Å². The molecule has 1 rings (SSSR count). The van der Waals surface area contributed by atoms with Crippen LogP contribution < -0.4 is 59.7 Å². The number of primary amides is 2. The highest BCUT2D eigenvalue weighted by Gasteiger charge is 2.42. The molecule has 0 aromatic carbocycles. The van der Waals surface area contributed by atoms with Gasteiger partial charge in [-0.15, -0.1) is 0 Å². The van der Waals surface area contributed by atoms with Crippen molar-refractivity contribution in [2.45, 2.75) is 200 Å². The molecule has 0 aromatic heterocycles. The SMILES string of the molecule is CC[C@H](C)[C@H](NC(=O)[C@H](CO)NC(=O)[C@H](CC(C)C)NC(=O)[C@@H](NC(=O)[C@@H]1CCCN1C(=O)[C@H](CCC(N)=O)NC(=O)[C@@H](NC(=O)[C@@H](N)CCC(=O)O)[C@@H](C)CC)C(C)C)C(=O)N[C@@H](CC(C)C)C(=O)N[C@@H](CC(N)=O)C(=O)O. The van der Waals surface area contributed by atoms with E-state index in [0.29, 0.717) is 19.3 Å². The van der Waals surface area contributed by atoms with Crippen LogP contribution in [-0.2, 0) is 62.3 Å². The second-order valence-corrected chi connectivity index (χ2v) is 21.5. The monoisotopic (exact) mass is 1120 g/mol. The summed E-state index contributed by atoms with van der Waals surface area (Å²) < 4.78 is 0. The lowest BCUT2D eigenvalue weighted by atomic mass is 9.96. The number of aliphatic hydroxyl groups excluding tert-OH is 1. The van der Waals surface area contributed by atoms with Crippen LogP contribution in [0.4, 0.5) is 0 Å². The standard InChI is InChI=1S/C51H88N12O16/c1-11-27(9)40(61-42(69)29(52)15-18-38(67)68)48(75)55-30(16-17-36(53)65)50(77)63-19-13-14-35(63)46(73)60-39(26(7)8)47(74)56-32(21-25(5)6)44(71)59-34(23-64)45(72)62-41(28(10)12-2)49(76)57-31(20-24(3)4)43(70)58-33(51(78)79)22-37(54)66/h24-35,39-41,64H,11-23,52H2,1-10H3,(H2,53,65)(H2,54,66)(H,55,75)(H,56,74)(H,57,76)(H,58,70)(H,59,71)(H,60,73)(H,61,69)(H,62,72)(H,67,68)(H,78,79)/t27-,28-,29-,30-,31-,32-,33-,34-,35-,39-,40-,41-/m0/s1. The molecule has 1 saturated heterocycles. The summed E-state index contributed by atoms with van der Waals surface area (Å²) in [5.41, 5.74) is 16.5. The number of aliphatic hydroxyl groups is 1. The molecule has 1 aliphatic heterocycles. The van der Waals surface area contributed by atoms with E-state index in [9.17, 15) is 72.5 Å². The average molecular weight is 1130 g/mol. The third-order valence-electron chi connectivity index (χ3n) is 13.5. The van der Waals surface area contributed by atoms with E-state index in [2.05, 4.69) is 42.5 Å². The summed E-state index contributed by atoms with van der Waals surface area (Å²) in [7, 11) is 0. The molecule has 448 valence electrons. The number of amides is 11. The van der Waals surface area contributed by atoms with Crippen LogP contribution in [0.15, 0.2) is 0 Å². The van der Waals surface area contributed by atoms with Gasteiger partial charge in [-0.3, -0.25) is 57.5 Å². The van der Waals surface area contributed by atoms with Gasteiger partial charge in [-0.1, -0.05) is 82.1 Å². The highest BCUT2D eigenvalue weighted by molar-refractivity contribution is 5.99. The molecule has 11 amide bonds. The topological polar surface area (TPSA) is 460 Å². The van der Waals surface area contributed by atoms with Crippen molar-refractivity contribution in [1.82, 2.24) is 47.4 Å². The van der Waals surface area contributed by atoms with Crippen LogP contribution in [0.25, 0.3) is 0 Å². The Labute approximate surface area is 461 Å². The summed E-state index contributed by atoms with van der Waals surface area (Å²) in [5, 5.41) is 49.1. The molecule has 28 heteroatoms. The van der Waals surface area contributed by atoms with Crippen molar-refractivity contribution in [3.63, 3.8) is 0 Å². The van der Waals surface area contributed by atoms with Crippen LogP contribution in [0.3, 0.4) is 0 Å². The molecule has 28 nitrogen and oxygen atoms in total. The Morgan fingerprint density at radius 1 is 0.532 bits per heavy atom. The van der Waals surface area contributed by atoms with Crippen molar-refractivity contribution in [1.29, 1.82) is 0 Å². The highest BCUT2D eigenvalue weighted by atomic mass is 16.4. The van der Waals surface area contributed by atoms with E-state index in [1.807, 2.05) is 0 Å². The number of hydrogen-bond acceptors (Lipinski definition) is 15. The lowest BCUT2D eigenvalue weighted by Crippen LogP contribution is -2.62. The van der Waals surface area contributed by atoms with Gasteiger partial charge in [0.1, 0.15) is 54.4 Å². The quantitative estimate of drug-likeness (QED) is 0.0299. The van der Waals surface area contributed by atoms with Crippen molar-refractivity contribution in [2.75, 3.05) is 13.2 Å². The van der Waals surface area contributed by atoms with Gasteiger partial charge in [0.15, 0.2) is 0 Å². The largest absolute Gasteiger partial charge is 0.481 e. The van der Waals surface area contributed by atoms with Crippen molar-refractivity contribution in [2.24, 2.45) is 46.8 Å². The van der Waals surface area contributed by atoms with E-state index in [0.717, 1.165) is 0 Å². The summed E-state index contributed by atoms with van der Waals surface area (Å²) in [5.74, 6) is -14.4. The van der Waals surface area contributed by atoms with Gasteiger partial charge in [0.2, 0.25) is 65.0 Å². The maximum atomic E-state index is 14.3. The molecule has 0 unspecified atom stereocenters. The zero-order chi connectivity index (χ0) is 60.6. The fourth-order valence-corrected chi connectivity index (χ4v) is 8.49. The Hall–Kier alpha value is -6.97. The fourth-order valence-electron chi connectivity index (χ4n) is 8.49. The summed E-state index contributed by atoms with van der Waals surface area (Å²) in [6.45, 7) is 16.0. The van der Waals surface area contributed by atoms with Gasteiger partial charge >= 0.3 is 11.9 Å². The number of carboxylic acid groups (broad SMARTS) is 2. The predicted octanol–water partition coefficient (Wildman–Crippen LogP) is -2.89. The number of carbonyl (C=O) groups is 13. The van der Waals surface area contributed by atoms with Crippen LogP contribution in [0, 0.1) is 29.6 Å². The van der Waals surface area contributed by atoms with Gasteiger partial charge in [0.25, 0.3) is 0 Å². The first-order valence-electron chi connectivity index (χ1n) is 26.9. The van der Waals surface area contributed by atoms with Crippen molar-refractivity contribution in [3.05, 3.63) is 0 Å². The second kappa shape index (κ2) is 34.1. The van der Waals surface area contributed by atoms with Crippen LogP contribution >= 0.6 is 0 Å². The van der Waals surface area contributed by atoms with E-state index in [4.69, 9.17) is 22.3 Å². The smallest absolute Gasteiger partial charge is 0.326 e. The number of nitrogens with one attached hydrogen (secondary N) is 8. The van der Waals surface area contributed by atoms with Crippen LogP contribution in [0.1, 0.15) is 140 Å². The Morgan fingerprint density at radius 2 is 0.975 bits per heavy atom. The Bertz CT molecular complexity index is 2160. The maximum Gasteiger partial charge on any atom is 0.326 e. The van der Waals surface area contributed by atoms with Crippen LogP contribution in [0.5, 0.6) is 0 Å². The molecule has 0 radical (unpaired) electrons. The van der Waals surface area contributed by atoms with Gasteiger partial charge in [-0.05, 0) is 68.1 Å². The molecule has 0 spiro atoms. The number of carboxylic acids is 2. The lowest BCUT2D eigenvalue weighted by molar-refractivity contribution is -0.144. The van der Waals surface area contributed by atoms with Crippen molar-refractivity contribution in [3.8, 4) is 0 Å². The average Bonchev–Trinajstić information content (AvgIpc) is 3.87. The molecular weight excluding hydrogens is 1040 g/mol. The number of likely N-dealkylation sites (tertiary alicyclic amines) is 1. The fraction of sp³-hybridized carbons (Fsp3) is 0.745. The molecular formula is C51H88N12O16. The summed E-state index contributed by atoms with van der Waals surface area (Å²) in [6, 6.07) is -13.8. The maximum absolute atomic E-state index is 14.3. The van der Waals surface area contributed by atoms with E-state index in [1.54, 1.807) is 69.2 Å². The Kier molecular flexibility index (Phi) is 30.3. The number of carbonyl (C=O) groups excluding carboxylic acids is 11. The molecule has 1 fully saturated rings. The second-order valence-electron chi connectivity index (χ2n) is 21.5. The number of nitrogens with two attached hydrogens (primary N) is 3. The third-order valence-corrected chi connectivity index (χ3v) is 13.5.